The fraction of sp³-hybridized carbons (Fsp3) is 0.333. The van der Waals surface area contributed by atoms with Gasteiger partial charge in [-0.1, -0.05) is 35.6 Å². The van der Waals surface area contributed by atoms with Gasteiger partial charge in [0.1, 0.15) is 0 Å². The Bertz CT molecular complexity index is 763. The predicted octanol–water partition coefficient (Wildman–Crippen LogP) is 3.09. The number of aromatic nitrogens is 1. The molecular formula is C15H15N3S. The standard InChI is InChI=1S/C15H15N3S/c1-18-13-7-2-3-8-14(13)19-15(18)17-16-12-9-10-5-4-6-11(10)12/h2-4,6-8,10-11H,5,9H2,1H3/b16-12-,17-15+. The van der Waals surface area contributed by atoms with Gasteiger partial charge in [0.2, 0.25) is 4.80 Å². The SMILES string of the molecule is Cn1/c(=N\N=C2\CC3CC=CC23)sc2ccccc21. The van der Waals surface area contributed by atoms with Crippen molar-refractivity contribution in [2.45, 2.75) is 12.8 Å². The van der Waals surface area contributed by atoms with Crippen LogP contribution in [-0.4, -0.2) is 10.3 Å². The number of fused-ring (bicyclic) bond motifs is 2. The summed E-state index contributed by atoms with van der Waals surface area (Å²) in [5, 5.41) is 8.94. The first-order chi connectivity index (χ1) is 9.33. The molecule has 1 heterocycles. The zero-order valence-corrected chi connectivity index (χ0v) is 11.6. The Hall–Kier alpha value is -1.68. The maximum atomic E-state index is 4.48. The first-order valence-corrected chi connectivity index (χ1v) is 7.46. The summed E-state index contributed by atoms with van der Waals surface area (Å²) in [7, 11) is 2.05. The number of rotatable bonds is 1. The van der Waals surface area contributed by atoms with Gasteiger partial charge in [-0.25, -0.2) is 0 Å². The summed E-state index contributed by atoms with van der Waals surface area (Å²) in [5.74, 6) is 1.38. The lowest BCUT2D eigenvalue weighted by Crippen LogP contribution is -2.32. The third-order valence-corrected chi connectivity index (χ3v) is 5.23. The molecule has 2 aliphatic carbocycles. The van der Waals surface area contributed by atoms with Gasteiger partial charge in [-0.3, -0.25) is 0 Å². The summed E-state index contributed by atoms with van der Waals surface area (Å²) in [6.07, 6.45) is 6.90. The molecule has 4 rings (SSSR count). The van der Waals surface area contributed by atoms with Crippen molar-refractivity contribution < 1.29 is 0 Å². The van der Waals surface area contributed by atoms with Gasteiger partial charge in [0.15, 0.2) is 0 Å². The quantitative estimate of drug-likeness (QED) is 0.562. The van der Waals surface area contributed by atoms with E-state index in [9.17, 15) is 0 Å². The molecule has 1 aromatic heterocycles. The van der Waals surface area contributed by atoms with Crippen molar-refractivity contribution in [3.8, 4) is 0 Å². The Kier molecular flexibility index (Phi) is 2.45. The van der Waals surface area contributed by atoms with Crippen molar-refractivity contribution in [2.24, 2.45) is 29.1 Å². The molecule has 0 amide bonds. The highest BCUT2D eigenvalue weighted by atomic mass is 32.1. The van der Waals surface area contributed by atoms with Gasteiger partial charge in [0, 0.05) is 18.7 Å². The van der Waals surface area contributed by atoms with E-state index >= 15 is 0 Å². The Morgan fingerprint density at radius 3 is 3.00 bits per heavy atom. The molecule has 0 aliphatic heterocycles. The van der Waals surface area contributed by atoms with E-state index in [1.165, 1.54) is 22.3 Å². The monoisotopic (exact) mass is 269 g/mol. The van der Waals surface area contributed by atoms with Gasteiger partial charge in [-0.05, 0) is 30.9 Å². The molecule has 0 N–H and O–H groups in total. The summed E-state index contributed by atoms with van der Waals surface area (Å²) in [4.78, 5) is 0.971. The van der Waals surface area contributed by atoms with Gasteiger partial charge in [-0.15, -0.1) is 5.10 Å². The molecule has 0 radical (unpaired) electrons. The van der Waals surface area contributed by atoms with E-state index in [1.54, 1.807) is 11.3 Å². The van der Waals surface area contributed by atoms with Crippen LogP contribution in [0.3, 0.4) is 0 Å². The van der Waals surface area contributed by atoms with Crippen molar-refractivity contribution in [3.63, 3.8) is 0 Å². The first-order valence-electron chi connectivity index (χ1n) is 6.64. The number of hydrogen-bond donors (Lipinski definition) is 0. The van der Waals surface area contributed by atoms with Crippen molar-refractivity contribution in [3.05, 3.63) is 41.2 Å². The zero-order valence-electron chi connectivity index (χ0n) is 10.8. The average molecular weight is 269 g/mol. The number of benzene rings is 1. The number of aryl methyl sites for hydroxylation is 1. The molecule has 3 nitrogen and oxygen atoms in total. The highest BCUT2D eigenvalue weighted by Crippen LogP contribution is 2.40. The highest BCUT2D eigenvalue weighted by Gasteiger charge is 2.37. The summed E-state index contributed by atoms with van der Waals surface area (Å²) in [6.45, 7) is 0. The minimum atomic E-state index is 0.573. The second-order valence-electron chi connectivity index (χ2n) is 5.26. The maximum absolute atomic E-state index is 4.48. The Morgan fingerprint density at radius 2 is 2.16 bits per heavy atom. The van der Waals surface area contributed by atoms with Crippen LogP contribution in [0.2, 0.25) is 0 Å². The van der Waals surface area contributed by atoms with Gasteiger partial charge < -0.3 is 4.57 Å². The predicted molar refractivity (Wildman–Crippen MR) is 79.1 cm³/mol. The van der Waals surface area contributed by atoms with Crippen LogP contribution in [0.5, 0.6) is 0 Å². The van der Waals surface area contributed by atoms with Gasteiger partial charge in [-0.2, -0.15) is 5.10 Å². The molecule has 0 saturated heterocycles. The normalized spacial score (nSPS) is 28.1. The smallest absolute Gasteiger partial charge is 0.211 e. The number of allylic oxidation sites excluding steroid dienone is 2. The lowest BCUT2D eigenvalue weighted by molar-refractivity contribution is 0.445. The van der Waals surface area contributed by atoms with Crippen molar-refractivity contribution in [2.75, 3.05) is 0 Å². The first kappa shape index (κ1) is 11.2. The van der Waals surface area contributed by atoms with Crippen LogP contribution in [0.15, 0.2) is 46.6 Å². The largest absolute Gasteiger partial charge is 0.318 e. The summed E-state index contributed by atoms with van der Waals surface area (Å²) >= 11 is 1.70. The summed E-state index contributed by atoms with van der Waals surface area (Å²) in [6, 6.07) is 8.38. The Labute approximate surface area is 115 Å². The minimum absolute atomic E-state index is 0.573. The molecule has 1 fully saturated rings. The second kappa shape index (κ2) is 4.17. The van der Waals surface area contributed by atoms with Crippen LogP contribution in [0.4, 0.5) is 0 Å². The topological polar surface area (TPSA) is 29.6 Å². The fourth-order valence-corrected chi connectivity index (χ4v) is 3.90. The lowest BCUT2D eigenvalue weighted by Gasteiger charge is -2.30. The summed E-state index contributed by atoms with van der Waals surface area (Å²) < 4.78 is 3.38. The van der Waals surface area contributed by atoms with Gasteiger partial charge in [0.25, 0.3) is 0 Å². The van der Waals surface area contributed by atoms with E-state index in [-0.39, 0.29) is 0 Å². The fourth-order valence-electron chi connectivity index (χ4n) is 2.93. The molecular weight excluding hydrogens is 254 g/mol. The molecule has 0 spiro atoms. The van der Waals surface area contributed by atoms with Crippen LogP contribution in [0.25, 0.3) is 10.2 Å². The molecule has 1 aromatic carbocycles. The third kappa shape index (κ3) is 1.70. The van der Waals surface area contributed by atoms with Crippen molar-refractivity contribution in [1.29, 1.82) is 0 Å². The number of nitrogens with zero attached hydrogens (tertiary/aromatic N) is 3. The van der Waals surface area contributed by atoms with Crippen molar-refractivity contribution in [1.82, 2.24) is 4.57 Å². The molecule has 2 aromatic rings. The van der Waals surface area contributed by atoms with E-state index in [0.717, 1.165) is 17.1 Å². The average Bonchev–Trinajstić information content (AvgIpc) is 2.93. The van der Waals surface area contributed by atoms with Gasteiger partial charge in [0.05, 0.1) is 10.2 Å². The van der Waals surface area contributed by atoms with Crippen LogP contribution in [-0.2, 0) is 7.05 Å². The maximum Gasteiger partial charge on any atom is 0.211 e. The zero-order chi connectivity index (χ0) is 12.8. The Balaban J connectivity index is 1.74. The van der Waals surface area contributed by atoms with Crippen molar-refractivity contribution >= 4 is 27.3 Å². The molecule has 1 saturated carbocycles. The number of hydrogen-bond acceptors (Lipinski definition) is 3. The van der Waals surface area contributed by atoms with E-state index in [2.05, 4.69) is 58.2 Å². The molecule has 4 heteroatoms. The molecule has 19 heavy (non-hydrogen) atoms. The van der Waals surface area contributed by atoms with E-state index in [1.807, 2.05) is 0 Å². The minimum Gasteiger partial charge on any atom is -0.318 e. The van der Waals surface area contributed by atoms with E-state index in [0.29, 0.717) is 5.92 Å². The number of para-hydroxylation sites is 1. The van der Waals surface area contributed by atoms with Crippen LogP contribution in [0, 0.1) is 11.8 Å². The van der Waals surface area contributed by atoms with Gasteiger partial charge >= 0.3 is 0 Å². The summed E-state index contributed by atoms with van der Waals surface area (Å²) in [5.41, 5.74) is 2.47. The molecule has 0 bridgehead atoms. The molecule has 2 atom stereocenters. The van der Waals surface area contributed by atoms with Crippen LogP contribution < -0.4 is 4.80 Å². The molecule has 2 aliphatic rings. The molecule has 96 valence electrons. The highest BCUT2D eigenvalue weighted by molar-refractivity contribution is 7.16. The van der Waals surface area contributed by atoms with E-state index in [4.69, 9.17) is 0 Å². The van der Waals surface area contributed by atoms with Crippen LogP contribution in [0.1, 0.15) is 12.8 Å². The number of thiazole rings is 1. The van der Waals surface area contributed by atoms with E-state index < -0.39 is 0 Å². The second-order valence-corrected chi connectivity index (χ2v) is 6.27. The molecule has 2 unspecified atom stereocenters. The lowest BCUT2D eigenvalue weighted by atomic mass is 9.74. The van der Waals surface area contributed by atoms with Crippen LogP contribution >= 0.6 is 11.3 Å². The Morgan fingerprint density at radius 1 is 1.26 bits per heavy atom. The third-order valence-electron chi connectivity index (χ3n) is 4.12.